The van der Waals surface area contributed by atoms with Crippen molar-refractivity contribution >= 4 is 11.0 Å². The molecule has 0 spiro atoms. The molecule has 0 aliphatic rings. The highest BCUT2D eigenvalue weighted by Gasteiger charge is 2.14. The van der Waals surface area contributed by atoms with Gasteiger partial charge in [-0.3, -0.25) is 0 Å². The van der Waals surface area contributed by atoms with Gasteiger partial charge in [-0.25, -0.2) is 9.13 Å². The van der Waals surface area contributed by atoms with Crippen LogP contribution in [0.25, 0.3) is 11.0 Å². The van der Waals surface area contributed by atoms with Crippen LogP contribution in [-0.4, -0.2) is 11.2 Å². The van der Waals surface area contributed by atoms with Crippen molar-refractivity contribution in [2.24, 2.45) is 5.92 Å². The maximum Gasteiger partial charge on any atom is 0.246 e. The Morgan fingerprint density at radius 3 is 2.80 bits per heavy atom. The summed E-state index contributed by atoms with van der Waals surface area (Å²) in [4.78, 5) is 0. The SMILES string of the molecule is CCCCn1c[n+](COC[C@@H](C)CC)c2ccccc21. The first-order chi connectivity index (χ1) is 9.76. The highest BCUT2D eigenvalue weighted by Crippen LogP contribution is 2.12. The lowest BCUT2D eigenvalue weighted by atomic mass is 10.1. The second-order valence-electron chi connectivity index (χ2n) is 5.63. The van der Waals surface area contributed by atoms with Crippen LogP contribution in [-0.2, 0) is 18.0 Å². The summed E-state index contributed by atoms with van der Waals surface area (Å²) in [7, 11) is 0. The number of nitrogens with zero attached hydrogens (tertiary/aromatic N) is 2. The van der Waals surface area contributed by atoms with Gasteiger partial charge in [0, 0.05) is 0 Å². The van der Waals surface area contributed by atoms with Crippen molar-refractivity contribution in [3.05, 3.63) is 30.6 Å². The van der Waals surface area contributed by atoms with Crippen molar-refractivity contribution in [1.82, 2.24) is 4.57 Å². The molecular formula is C17H27N2O+. The zero-order valence-electron chi connectivity index (χ0n) is 13.0. The van der Waals surface area contributed by atoms with E-state index in [0.29, 0.717) is 12.6 Å². The van der Waals surface area contributed by atoms with Gasteiger partial charge in [0.2, 0.25) is 6.33 Å². The number of rotatable bonds is 8. The van der Waals surface area contributed by atoms with Crippen LogP contribution in [0, 0.1) is 5.92 Å². The highest BCUT2D eigenvalue weighted by atomic mass is 16.5. The predicted molar refractivity (Wildman–Crippen MR) is 82.4 cm³/mol. The number of para-hydroxylation sites is 2. The van der Waals surface area contributed by atoms with Crippen molar-refractivity contribution in [3.8, 4) is 0 Å². The van der Waals surface area contributed by atoms with Crippen molar-refractivity contribution in [2.75, 3.05) is 6.61 Å². The number of ether oxygens (including phenoxy) is 1. The molecule has 0 radical (unpaired) electrons. The zero-order valence-corrected chi connectivity index (χ0v) is 13.0. The Kier molecular flexibility index (Phi) is 5.60. The third-order valence-electron chi connectivity index (χ3n) is 3.86. The molecule has 0 saturated heterocycles. The lowest BCUT2D eigenvalue weighted by Crippen LogP contribution is -2.34. The molecule has 1 heterocycles. The third kappa shape index (κ3) is 3.60. The molecule has 0 aliphatic carbocycles. The van der Waals surface area contributed by atoms with E-state index in [9.17, 15) is 0 Å². The average molecular weight is 275 g/mol. The number of hydrogen-bond acceptors (Lipinski definition) is 1. The van der Waals surface area contributed by atoms with Gasteiger partial charge in [0.1, 0.15) is 0 Å². The molecule has 0 fully saturated rings. The fourth-order valence-corrected chi connectivity index (χ4v) is 2.32. The number of aryl methyl sites for hydroxylation is 1. The van der Waals surface area contributed by atoms with Gasteiger partial charge in [-0.2, -0.15) is 0 Å². The van der Waals surface area contributed by atoms with Crippen LogP contribution in [0.2, 0.25) is 0 Å². The van der Waals surface area contributed by atoms with E-state index in [0.717, 1.165) is 13.2 Å². The molecule has 0 bridgehead atoms. The van der Waals surface area contributed by atoms with Crippen LogP contribution >= 0.6 is 0 Å². The number of benzene rings is 1. The van der Waals surface area contributed by atoms with Crippen molar-refractivity contribution in [2.45, 2.75) is 53.3 Å². The van der Waals surface area contributed by atoms with Gasteiger partial charge in [-0.05, 0) is 24.5 Å². The maximum absolute atomic E-state index is 5.85. The van der Waals surface area contributed by atoms with E-state index >= 15 is 0 Å². The second kappa shape index (κ2) is 7.44. The first kappa shape index (κ1) is 15.0. The Morgan fingerprint density at radius 2 is 2.05 bits per heavy atom. The number of hydrogen-bond donors (Lipinski definition) is 0. The summed E-state index contributed by atoms with van der Waals surface area (Å²) >= 11 is 0. The molecule has 0 saturated carbocycles. The van der Waals surface area contributed by atoms with Crippen LogP contribution in [0.3, 0.4) is 0 Å². The predicted octanol–water partition coefficient (Wildman–Crippen LogP) is 3.75. The molecule has 2 aromatic rings. The fourth-order valence-electron chi connectivity index (χ4n) is 2.32. The summed E-state index contributed by atoms with van der Waals surface area (Å²) in [5.74, 6) is 0.629. The smallest absolute Gasteiger partial charge is 0.246 e. The molecule has 0 N–H and O–H groups in total. The Hall–Kier alpha value is -1.35. The molecule has 1 aromatic carbocycles. The standard InChI is InChI=1S/C17H27N2O/c1-4-6-11-18-13-19(14-20-12-15(3)5-2)17-10-8-7-9-16(17)18/h7-10,13,15H,4-6,11-12,14H2,1-3H3/q+1/t15-/m0/s1. The molecule has 110 valence electrons. The van der Waals surface area contributed by atoms with Crippen molar-refractivity contribution in [1.29, 1.82) is 0 Å². The van der Waals surface area contributed by atoms with Gasteiger partial charge in [-0.1, -0.05) is 45.7 Å². The van der Waals surface area contributed by atoms with Gasteiger partial charge < -0.3 is 4.74 Å². The first-order valence-corrected chi connectivity index (χ1v) is 7.81. The quantitative estimate of drug-likeness (QED) is 0.671. The normalized spacial score (nSPS) is 12.9. The summed E-state index contributed by atoms with van der Waals surface area (Å²) in [5.41, 5.74) is 2.56. The van der Waals surface area contributed by atoms with Crippen LogP contribution in [0.1, 0.15) is 40.0 Å². The first-order valence-electron chi connectivity index (χ1n) is 7.81. The van der Waals surface area contributed by atoms with Crippen LogP contribution in [0.15, 0.2) is 30.6 Å². The molecule has 0 aliphatic heterocycles. The van der Waals surface area contributed by atoms with Crippen LogP contribution in [0.5, 0.6) is 0 Å². The monoisotopic (exact) mass is 275 g/mol. The maximum atomic E-state index is 5.85. The van der Waals surface area contributed by atoms with E-state index in [-0.39, 0.29) is 0 Å². The fraction of sp³-hybridized carbons (Fsp3) is 0.588. The lowest BCUT2D eigenvalue weighted by molar-refractivity contribution is -0.710. The van der Waals surface area contributed by atoms with E-state index < -0.39 is 0 Å². The van der Waals surface area contributed by atoms with Gasteiger partial charge in [0.25, 0.3) is 0 Å². The van der Waals surface area contributed by atoms with E-state index in [1.165, 1.54) is 30.3 Å². The summed E-state index contributed by atoms with van der Waals surface area (Å²) in [5, 5.41) is 0. The van der Waals surface area contributed by atoms with E-state index in [1.807, 2.05) is 0 Å². The average Bonchev–Trinajstić information content (AvgIpc) is 2.83. The van der Waals surface area contributed by atoms with Crippen LogP contribution in [0.4, 0.5) is 0 Å². The molecule has 0 amide bonds. The number of imidazole rings is 1. The Balaban J connectivity index is 2.11. The number of unbranched alkanes of at least 4 members (excludes halogenated alkanes) is 1. The van der Waals surface area contributed by atoms with Gasteiger partial charge >= 0.3 is 0 Å². The minimum absolute atomic E-state index is 0.629. The number of aromatic nitrogens is 2. The summed E-state index contributed by atoms with van der Waals surface area (Å²) in [6.45, 7) is 9.22. The molecule has 2 rings (SSSR count). The molecule has 3 nitrogen and oxygen atoms in total. The van der Waals surface area contributed by atoms with Gasteiger partial charge in [-0.15, -0.1) is 0 Å². The zero-order chi connectivity index (χ0) is 14.4. The van der Waals surface area contributed by atoms with Crippen molar-refractivity contribution in [3.63, 3.8) is 0 Å². The van der Waals surface area contributed by atoms with E-state index in [2.05, 4.69) is 60.5 Å². The summed E-state index contributed by atoms with van der Waals surface area (Å²) in [6, 6.07) is 8.56. The Labute approximate surface area is 122 Å². The van der Waals surface area contributed by atoms with E-state index in [4.69, 9.17) is 4.74 Å². The number of fused-ring (bicyclic) bond motifs is 1. The minimum Gasteiger partial charge on any atom is -0.341 e. The van der Waals surface area contributed by atoms with Gasteiger partial charge in [0.05, 0.1) is 13.2 Å². The molecule has 0 unspecified atom stereocenters. The van der Waals surface area contributed by atoms with Gasteiger partial charge in [0.15, 0.2) is 17.8 Å². The topological polar surface area (TPSA) is 18.0 Å². The molecule has 20 heavy (non-hydrogen) atoms. The molecule has 3 heteroatoms. The minimum atomic E-state index is 0.629. The third-order valence-corrected chi connectivity index (χ3v) is 3.86. The second-order valence-corrected chi connectivity index (χ2v) is 5.63. The summed E-state index contributed by atoms with van der Waals surface area (Å²) < 4.78 is 10.4. The molecule has 1 aromatic heterocycles. The Bertz CT molecular complexity index is 533. The van der Waals surface area contributed by atoms with E-state index in [1.54, 1.807) is 0 Å². The Morgan fingerprint density at radius 1 is 1.25 bits per heavy atom. The molecular weight excluding hydrogens is 248 g/mol. The molecule has 1 atom stereocenters. The van der Waals surface area contributed by atoms with Crippen LogP contribution < -0.4 is 4.57 Å². The lowest BCUT2D eigenvalue weighted by Gasteiger charge is -2.07. The van der Waals surface area contributed by atoms with Crippen molar-refractivity contribution < 1.29 is 9.30 Å². The summed E-state index contributed by atoms with van der Waals surface area (Å²) in [6.07, 6.45) is 5.79. The largest absolute Gasteiger partial charge is 0.341 e. The highest BCUT2D eigenvalue weighted by molar-refractivity contribution is 5.71.